The molecule has 92 valence electrons. The van der Waals surface area contributed by atoms with Gasteiger partial charge in [-0.2, -0.15) is 0 Å². The van der Waals surface area contributed by atoms with Gasteiger partial charge in [-0.1, -0.05) is 6.92 Å². The summed E-state index contributed by atoms with van der Waals surface area (Å²) in [6.07, 6.45) is 2.01. The number of esters is 1. The maximum absolute atomic E-state index is 11.9. The Balaban J connectivity index is 2.67. The number of hydrogen-bond donors (Lipinski definition) is 0. The van der Waals surface area contributed by atoms with Gasteiger partial charge in [0, 0.05) is 13.0 Å². The normalized spacial score (nSPS) is 18.8. The van der Waals surface area contributed by atoms with Gasteiger partial charge in [0.2, 0.25) is 5.91 Å². The SMILES string of the molecule is CC[C@@H](C(=O)OC(C)(C)C)N1CCCC1=O. The van der Waals surface area contributed by atoms with E-state index < -0.39 is 11.6 Å². The zero-order valence-corrected chi connectivity index (χ0v) is 10.6. The molecule has 0 aromatic carbocycles. The molecule has 0 unspecified atom stereocenters. The molecule has 1 atom stereocenters. The van der Waals surface area contributed by atoms with Gasteiger partial charge in [0.05, 0.1) is 0 Å². The maximum atomic E-state index is 11.9. The van der Waals surface area contributed by atoms with Crippen molar-refractivity contribution in [3.05, 3.63) is 0 Å². The summed E-state index contributed by atoms with van der Waals surface area (Å²) in [7, 11) is 0. The summed E-state index contributed by atoms with van der Waals surface area (Å²) in [5, 5.41) is 0. The Kier molecular flexibility index (Phi) is 3.94. The summed E-state index contributed by atoms with van der Waals surface area (Å²) in [5.74, 6) is -0.219. The van der Waals surface area contributed by atoms with Crippen LogP contribution in [0.25, 0.3) is 0 Å². The van der Waals surface area contributed by atoms with E-state index in [1.54, 1.807) is 4.90 Å². The Morgan fingerprint density at radius 3 is 2.50 bits per heavy atom. The molecule has 4 heteroatoms. The van der Waals surface area contributed by atoms with Crippen molar-refractivity contribution in [3.63, 3.8) is 0 Å². The van der Waals surface area contributed by atoms with Gasteiger partial charge in [-0.05, 0) is 33.6 Å². The van der Waals surface area contributed by atoms with Gasteiger partial charge in [0.15, 0.2) is 0 Å². The fourth-order valence-electron chi connectivity index (χ4n) is 1.88. The summed E-state index contributed by atoms with van der Waals surface area (Å²) in [4.78, 5) is 25.1. The third kappa shape index (κ3) is 3.22. The first kappa shape index (κ1) is 13.0. The van der Waals surface area contributed by atoms with Crippen molar-refractivity contribution >= 4 is 11.9 Å². The minimum atomic E-state index is -0.493. The first-order valence-corrected chi connectivity index (χ1v) is 5.87. The highest BCUT2D eigenvalue weighted by molar-refractivity contribution is 5.85. The number of nitrogens with zero attached hydrogens (tertiary/aromatic N) is 1. The van der Waals surface area contributed by atoms with Crippen LogP contribution in [0.1, 0.15) is 47.0 Å². The molecule has 1 saturated heterocycles. The topological polar surface area (TPSA) is 46.6 Å². The first-order chi connectivity index (χ1) is 7.35. The third-order valence-corrected chi connectivity index (χ3v) is 2.55. The number of amides is 1. The van der Waals surface area contributed by atoms with E-state index in [1.807, 2.05) is 27.7 Å². The van der Waals surface area contributed by atoms with Crippen LogP contribution in [0.4, 0.5) is 0 Å². The second-order valence-corrected chi connectivity index (χ2v) is 5.15. The lowest BCUT2D eigenvalue weighted by Crippen LogP contribution is -2.44. The van der Waals surface area contributed by atoms with Gasteiger partial charge in [0.25, 0.3) is 0 Å². The Morgan fingerprint density at radius 2 is 2.12 bits per heavy atom. The van der Waals surface area contributed by atoms with Gasteiger partial charge >= 0.3 is 5.97 Å². The number of ether oxygens (including phenoxy) is 1. The lowest BCUT2D eigenvalue weighted by Gasteiger charge is -2.28. The smallest absolute Gasteiger partial charge is 0.329 e. The van der Waals surface area contributed by atoms with Crippen LogP contribution < -0.4 is 0 Å². The summed E-state index contributed by atoms with van der Waals surface area (Å²) in [6, 6.07) is -0.408. The number of rotatable bonds is 3. The van der Waals surface area contributed by atoms with E-state index in [2.05, 4.69) is 0 Å². The van der Waals surface area contributed by atoms with Crippen LogP contribution >= 0.6 is 0 Å². The average molecular weight is 227 g/mol. The van der Waals surface area contributed by atoms with Crippen LogP contribution in [0.5, 0.6) is 0 Å². The van der Waals surface area contributed by atoms with Gasteiger partial charge in [0.1, 0.15) is 11.6 Å². The van der Waals surface area contributed by atoms with E-state index in [4.69, 9.17) is 4.74 Å². The molecular formula is C12H21NO3. The van der Waals surface area contributed by atoms with Crippen molar-refractivity contribution in [2.45, 2.75) is 58.6 Å². The second kappa shape index (κ2) is 4.85. The van der Waals surface area contributed by atoms with E-state index in [1.165, 1.54) is 0 Å². The average Bonchev–Trinajstić information content (AvgIpc) is 2.50. The Bertz CT molecular complexity index is 280. The van der Waals surface area contributed by atoms with Crippen molar-refractivity contribution in [2.24, 2.45) is 0 Å². The molecule has 1 amide bonds. The lowest BCUT2D eigenvalue weighted by atomic mass is 10.1. The van der Waals surface area contributed by atoms with Crippen LogP contribution in [0, 0.1) is 0 Å². The van der Waals surface area contributed by atoms with Crippen molar-refractivity contribution in [3.8, 4) is 0 Å². The Morgan fingerprint density at radius 1 is 1.50 bits per heavy atom. The van der Waals surface area contributed by atoms with E-state index >= 15 is 0 Å². The molecule has 0 saturated carbocycles. The molecule has 0 N–H and O–H groups in total. The summed E-state index contributed by atoms with van der Waals surface area (Å²) < 4.78 is 5.32. The van der Waals surface area contributed by atoms with Gasteiger partial charge in [-0.15, -0.1) is 0 Å². The third-order valence-electron chi connectivity index (χ3n) is 2.55. The molecule has 0 aromatic rings. The molecule has 1 heterocycles. The summed E-state index contributed by atoms with van der Waals surface area (Å²) >= 11 is 0. The highest BCUT2D eigenvalue weighted by Gasteiger charge is 2.34. The minimum Gasteiger partial charge on any atom is -0.458 e. The van der Waals surface area contributed by atoms with E-state index in [0.717, 1.165) is 6.42 Å². The quantitative estimate of drug-likeness (QED) is 0.690. The fraction of sp³-hybridized carbons (Fsp3) is 0.833. The minimum absolute atomic E-state index is 0.0673. The molecule has 1 aliphatic heterocycles. The zero-order chi connectivity index (χ0) is 12.3. The lowest BCUT2D eigenvalue weighted by molar-refractivity contribution is -0.163. The highest BCUT2D eigenvalue weighted by atomic mass is 16.6. The van der Waals surface area contributed by atoms with Crippen molar-refractivity contribution in [1.29, 1.82) is 0 Å². The number of carbonyl (C=O) groups is 2. The standard InChI is InChI=1S/C12H21NO3/c1-5-9(11(15)16-12(2,3)4)13-8-6-7-10(13)14/h9H,5-8H2,1-4H3/t9-/m0/s1. The highest BCUT2D eigenvalue weighted by Crippen LogP contribution is 2.19. The van der Waals surface area contributed by atoms with Crippen LogP contribution in [-0.2, 0) is 14.3 Å². The molecule has 0 spiro atoms. The number of hydrogen-bond acceptors (Lipinski definition) is 3. The maximum Gasteiger partial charge on any atom is 0.329 e. The van der Waals surface area contributed by atoms with Crippen LogP contribution in [0.3, 0.4) is 0 Å². The molecular weight excluding hydrogens is 206 g/mol. The largest absolute Gasteiger partial charge is 0.458 e. The van der Waals surface area contributed by atoms with Crippen molar-refractivity contribution in [1.82, 2.24) is 4.90 Å². The van der Waals surface area contributed by atoms with Crippen LogP contribution in [0.15, 0.2) is 0 Å². The van der Waals surface area contributed by atoms with E-state index in [0.29, 0.717) is 19.4 Å². The Labute approximate surface area is 96.9 Å². The van der Waals surface area contributed by atoms with Crippen molar-refractivity contribution < 1.29 is 14.3 Å². The number of carbonyl (C=O) groups excluding carboxylic acids is 2. The van der Waals surface area contributed by atoms with Gasteiger partial charge in [-0.25, -0.2) is 4.79 Å². The van der Waals surface area contributed by atoms with E-state index in [9.17, 15) is 9.59 Å². The molecule has 1 fully saturated rings. The van der Waals surface area contributed by atoms with Gasteiger partial charge in [-0.3, -0.25) is 4.79 Å². The van der Waals surface area contributed by atoms with Crippen LogP contribution in [-0.4, -0.2) is 35.0 Å². The van der Waals surface area contributed by atoms with E-state index in [-0.39, 0.29) is 11.9 Å². The zero-order valence-electron chi connectivity index (χ0n) is 10.6. The molecule has 16 heavy (non-hydrogen) atoms. The number of likely N-dealkylation sites (tertiary alicyclic amines) is 1. The monoisotopic (exact) mass is 227 g/mol. The molecule has 0 radical (unpaired) electrons. The van der Waals surface area contributed by atoms with Crippen LogP contribution in [0.2, 0.25) is 0 Å². The predicted octanol–water partition coefficient (Wildman–Crippen LogP) is 1.73. The second-order valence-electron chi connectivity index (χ2n) is 5.15. The predicted molar refractivity (Wildman–Crippen MR) is 60.9 cm³/mol. The molecule has 0 aliphatic carbocycles. The molecule has 0 aromatic heterocycles. The Hall–Kier alpha value is -1.06. The van der Waals surface area contributed by atoms with Crippen molar-refractivity contribution in [2.75, 3.05) is 6.54 Å². The molecule has 1 rings (SSSR count). The summed E-state index contributed by atoms with van der Waals surface area (Å²) in [5.41, 5.74) is -0.493. The molecule has 4 nitrogen and oxygen atoms in total. The molecule has 0 bridgehead atoms. The summed E-state index contributed by atoms with van der Waals surface area (Å²) in [6.45, 7) is 8.09. The fourth-order valence-corrected chi connectivity index (χ4v) is 1.88. The first-order valence-electron chi connectivity index (χ1n) is 5.87. The molecule has 1 aliphatic rings. The van der Waals surface area contributed by atoms with Gasteiger partial charge < -0.3 is 9.64 Å².